The molecule has 1 amide bonds. The van der Waals surface area contributed by atoms with Crippen LogP contribution in [0.3, 0.4) is 0 Å². The summed E-state index contributed by atoms with van der Waals surface area (Å²) in [6.45, 7) is 3.68. The molecule has 3 aromatic rings. The van der Waals surface area contributed by atoms with Gasteiger partial charge in [-0.05, 0) is 49.2 Å². The highest BCUT2D eigenvalue weighted by Gasteiger charge is 2.26. The molecule has 154 valence electrons. The summed E-state index contributed by atoms with van der Waals surface area (Å²) in [6.07, 6.45) is 3.05. The number of hydrogen-bond donors (Lipinski definition) is 3. The average Bonchev–Trinajstić information content (AvgIpc) is 2.72. The molecule has 3 N–H and O–H groups in total. The predicted octanol–water partition coefficient (Wildman–Crippen LogP) is 4.35. The topological polar surface area (TPSA) is 91.3 Å². The Morgan fingerprint density at radius 3 is 2.33 bits per heavy atom. The molecule has 0 aliphatic rings. The number of anilines is 2. The second-order valence-corrected chi connectivity index (χ2v) is 6.76. The number of nitrogens with zero attached hydrogens (tertiary/aromatic N) is 1. The van der Waals surface area contributed by atoms with Gasteiger partial charge in [0.25, 0.3) is 5.91 Å². The molecule has 0 saturated heterocycles. The first-order chi connectivity index (χ1) is 14.3. The van der Waals surface area contributed by atoms with Crippen molar-refractivity contribution in [2.24, 2.45) is 0 Å². The van der Waals surface area contributed by atoms with Gasteiger partial charge in [0.1, 0.15) is 0 Å². The quantitative estimate of drug-likeness (QED) is 0.561. The standard InChI is InChI=1S/C22H19F2N3O3/c1-12-3-4-17(13(2)9-12)27-20-16(22(29)30)10-15(18(23)19(20)24)21(28)26-11-14-5-7-25-8-6-14/h3-10,27H,11H2,1-2H3,(H,26,28)(H,29,30). The van der Waals surface area contributed by atoms with Gasteiger partial charge in [-0.3, -0.25) is 9.78 Å². The maximum Gasteiger partial charge on any atom is 0.337 e. The van der Waals surface area contributed by atoms with Crippen LogP contribution in [0.4, 0.5) is 20.2 Å². The largest absolute Gasteiger partial charge is 0.478 e. The molecule has 6 nitrogen and oxygen atoms in total. The van der Waals surface area contributed by atoms with E-state index in [1.54, 1.807) is 31.2 Å². The Hall–Kier alpha value is -3.81. The molecule has 0 aliphatic heterocycles. The fraction of sp³-hybridized carbons (Fsp3) is 0.136. The van der Waals surface area contributed by atoms with Crippen molar-refractivity contribution in [1.82, 2.24) is 10.3 Å². The summed E-state index contributed by atoms with van der Waals surface area (Å²) in [7, 11) is 0. The number of carbonyl (C=O) groups is 2. The highest BCUT2D eigenvalue weighted by molar-refractivity contribution is 6.01. The molecule has 0 spiro atoms. The molecular weight excluding hydrogens is 392 g/mol. The average molecular weight is 411 g/mol. The SMILES string of the molecule is Cc1ccc(Nc2c(C(=O)O)cc(C(=O)NCc3ccncc3)c(F)c2F)c(C)c1. The van der Waals surface area contributed by atoms with Crippen LogP contribution in [0.2, 0.25) is 0 Å². The van der Waals surface area contributed by atoms with E-state index in [0.717, 1.165) is 17.2 Å². The first kappa shape index (κ1) is 20.9. The number of halogens is 2. The second-order valence-electron chi connectivity index (χ2n) is 6.76. The highest BCUT2D eigenvalue weighted by atomic mass is 19.2. The van der Waals surface area contributed by atoms with Gasteiger partial charge in [0.2, 0.25) is 0 Å². The van der Waals surface area contributed by atoms with E-state index < -0.39 is 40.3 Å². The molecule has 3 rings (SSSR count). The summed E-state index contributed by atoms with van der Waals surface area (Å²) in [6, 6.07) is 9.34. The van der Waals surface area contributed by atoms with E-state index in [2.05, 4.69) is 15.6 Å². The number of aromatic nitrogens is 1. The van der Waals surface area contributed by atoms with Crippen molar-refractivity contribution in [3.63, 3.8) is 0 Å². The van der Waals surface area contributed by atoms with E-state index in [4.69, 9.17) is 0 Å². The van der Waals surface area contributed by atoms with Crippen LogP contribution in [0, 0.1) is 25.5 Å². The van der Waals surface area contributed by atoms with Gasteiger partial charge in [0.15, 0.2) is 11.6 Å². The van der Waals surface area contributed by atoms with E-state index in [1.165, 1.54) is 12.4 Å². The third-order valence-corrected chi connectivity index (χ3v) is 4.53. The molecule has 1 heterocycles. The van der Waals surface area contributed by atoms with Crippen molar-refractivity contribution in [2.75, 3.05) is 5.32 Å². The molecule has 0 fully saturated rings. The van der Waals surface area contributed by atoms with Gasteiger partial charge < -0.3 is 15.7 Å². The zero-order chi connectivity index (χ0) is 21.8. The van der Waals surface area contributed by atoms with Crippen molar-refractivity contribution in [3.05, 3.63) is 88.2 Å². The van der Waals surface area contributed by atoms with Crippen molar-refractivity contribution >= 4 is 23.3 Å². The van der Waals surface area contributed by atoms with E-state index in [1.807, 2.05) is 13.0 Å². The van der Waals surface area contributed by atoms with Crippen LogP contribution < -0.4 is 10.6 Å². The molecule has 0 aliphatic carbocycles. The normalized spacial score (nSPS) is 10.5. The van der Waals surface area contributed by atoms with Crippen LogP contribution in [-0.4, -0.2) is 22.0 Å². The van der Waals surface area contributed by atoms with Crippen molar-refractivity contribution < 1.29 is 23.5 Å². The van der Waals surface area contributed by atoms with Gasteiger partial charge in [-0.15, -0.1) is 0 Å². The van der Waals surface area contributed by atoms with Crippen LogP contribution in [-0.2, 0) is 6.54 Å². The number of carboxylic acids is 1. The molecule has 0 radical (unpaired) electrons. The third kappa shape index (κ3) is 4.43. The molecule has 1 aromatic heterocycles. The van der Waals surface area contributed by atoms with Crippen LogP contribution in [0.15, 0.2) is 48.8 Å². The predicted molar refractivity (Wildman–Crippen MR) is 108 cm³/mol. The number of amides is 1. The summed E-state index contributed by atoms with van der Waals surface area (Å²) in [5, 5.41) is 14.6. The number of carboxylic acid groups (broad SMARTS) is 1. The van der Waals surface area contributed by atoms with Crippen LogP contribution in [0.5, 0.6) is 0 Å². The minimum atomic E-state index is -1.50. The molecular formula is C22H19F2N3O3. The first-order valence-electron chi connectivity index (χ1n) is 9.04. The molecule has 0 unspecified atom stereocenters. The van der Waals surface area contributed by atoms with Crippen molar-refractivity contribution in [1.29, 1.82) is 0 Å². The van der Waals surface area contributed by atoms with Gasteiger partial charge in [-0.25, -0.2) is 13.6 Å². The number of carbonyl (C=O) groups excluding carboxylic acids is 1. The third-order valence-electron chi connectivity index (χ3n) is 4.53. The summed E-state index contributed by atoms with van der Waals surface area (Å²) >= 11 is 0. The lowest BCUT2D eigenvalue weighted by Crippen LogP contribution is -2.25. The Balaban J connectivity index is 1.95. The van der Waals surface area contributed by atoms with Crippen LogP contribution in [0.25, 0.3) is 0 Å². The first-order valence-corrected chi connectivity index (χ1v) is 9.04. The van der Waals surface area contributed by atoms with Crippen molar-refractivity contribution in [2.45, 2.75) is 20.4 Å². The minimum absolute atomic E-state index is 0.0490. The Labute approximate surface area is 171 Å². The summed E-state index contributed by atoms with van der Waals surface area (Å²) in [5.41, 5.74) is 1.03. The molecule has 0 atom stereocenters. The van der Waals surface area contributed by atoms with Gasteiger partial charge in [-0.2, -0.15) is 0 Å². The summed E-state index contributed by atoms with van der Waals surface area (Å²) in [4.78, 5) is 27.9. The molecule has 2 aromatic carbocycles. The summed E-state index contributed by atoms with van der Waals surface area (Å²) in [5.74, 6) is -5.29. The maximum atomic E-state index is 14.8. The number of benzene rings is 2. The fourth-order valence-corrected chi connectivity index (χ4v) is 2.95. The molecule has 0 saturated carbocycles. The number of pyridine rings is 1. The monoisotopic (exact) mass is 411 g/mol. The lowest BCUT2D eigenvalue weighted by atomic mass is 10.0. The number of rotatable bonds is 6. The number of nitrogens with one attached hydrogen (secondary N) is 2. The van der Waals surface area contributed by atoms with E-state index in [9.17, 15) is 23.5 Å². The fourth-order valence-electron chi connectivity index (χ4n) is 2.95. The zero-order valence-electron chi connectivity index (χ0n) is 16.3. The molecule has 8 heteroatoms. The van der Waals surface area contributed by atoms with Gasteiger partial charge >= 0.3 is 5.97 Å². The van der Waals surface area contributed by atoms with Gasteiger partial charge in [0, 0.05) is 24.6 Å². The van der Waals surface area contributed by atoms with Crippen LogP contribution in [0.1, 0.15) is 37.4 Å². The number of aromatic carboxylic acids is 1. The lowest BCUT2D eigenvalue weighted by Gasteiger charge is -2.16. The second kappa shape index (κ2) is 8.69. The van der Waals surface area contributed by atoms with Crippen LogP contribution >= 0.6 is 0 Å². The maximum absolute atomic E-state index is 14.8. The van der Waals surface area contributed by atoms with Gasteiger partial charge in [-0.1, -0.05) is 17.7 Å². The van der Waals surface area contributed by atoms with E-state index >= 15 is 0 Å². The Kier molecular flexibility index (Phi) is 6.06. The lowest BCUT2D eigenvalue weighted by molar-refractivity contribution is 0.0697. The Morgan fingerprint density at radius 2 is 1.70 bits per heavy atom. The number of aryl methyl sites for hydroxylation is 2. The summed E-state index contributed by atoms with van der Waals surface area (Å²) < 4.78 is 29.5. The van der Waals surface area contributed by atoms with Gasteiger partial charge in [0.05, 0.1) is 16.8 Å². The van der Waals surface area contributed by atoms with E-state index in [-0.39, 0.29) is 6.54 Å². The molecule has 30 heavy (non-hydrogen) atoms. The highest BCUT2D eigenvalue weighted by Crippen LogP contribution is 2.30. The Morgan fingerprint density at radius 1 is 1.00 bits per heavy atom. The van der Waals surface area contributed by atoms with E-state index in [0.29, 0.717) is 11.3 Å². The Bertz CT molecular complexity index is 1120. The smallest absolute Gasteiger partial charge is 0.337 e. The number of hydrogen-bond acceptors (Lipinski definition) is 4. The molecule has 0 bridgehead atoms. The zero-order valence-corrected chi connectivity index (χ0v) is 16.3. The minimum Gasteiger partial charge on any atom is -0.478 e. The van der Waals surface area contributed by atoms with Crippen molar-refractivity contribution in [3.8, 4) is 0 Å².